The zero-order valence-electron chi connectivity index (χ0n) is 25.9. The van der Waals surface area contributed by atoms with Gasteiger partial charge in [0.25, 0.3) is 0 Å². The molecule has 46 heavy (non-hydrogen) atoms. The molecule has 1 aliphatic rings. The monoisotopic (exact) mass is 771 g/mol. The fraction of sp³-hybridized carbons (Fsp3) is 0.324. The lowest BCUT2D eigenvalue weighted by atomic mass is 10.2. The molecule has 8 nitrogen and oxygen atoms in total. The third-order valence-electron chi connectivity index (χ3n) is 8.26. The number of alkyl halides is 2. The van der Waals surface area contributed by atoms with E-state index < -0.39 is 36.8 Å². The molecule has 0 N–H and O–H groups in total. The molecular formula is C34H37FIN5O3P2. The van der Waals surface area contributed by atoms with Gasteiger partial charge in [0.2, 0.25) is 0 Å². The molecule has 3 aromatic carbocycles. The van der Waals surface area contributed by atoms with E-state index in [9.17, 15) is 4.57 Å². The first kappa shape index (κ1) is 33.2. The zero-order chi connectivity index (χ0) is 32.3. The van der Waals surface area contributed by atoms with Gasteiger partial charge in [-0.2, -0.15) is 0 Å². The van der Waals surface area contributed by atoms with Gasteiger partial charge < -0.3 is 14.0 Å². The number of benzene rings is 3. The van der Waals surface area contributed by atoms with Crippen molar-refractivity contribution in [3.63, 3.8) is 0 Å². The third-order valence-corrected chi connectivity index (χ3v) is 15.3. The highest BCUT2D eigenvalue weighted by Gasteiger charge is 2.46. The van der Waals surface area contributed by atoms with Gasteiger partial charge in [-0.25, -0.2) is 24.1 Å². The standard InChI is InChI=1S/C34H37FIN5O3P2/c1-4-24(2)20-45(3,42)23-43-34-29(36)28(35)33(44-34)41-22-39-30-31(37-21-38-32(30)41)40-46(25-14-8-5-9-15-25,26-16-10-6-11-17-26)27-18-12-7-13-19-27/h5-19,21-22,24,28-29,33-34H,4,20,23H2,1-3H3/t24-,28-,29-,33+,34?,45-/m0/s1. The number of ether oxygens (including phenoxy) is 2. The van der Waals surface area contributed by atoms with Crippen LogP contribution >= 0.6 is 36.8 Å². The normalized spacial score (nSPS) is 22.0. The Kier molecular flexibility index (Phi) is 10.2. The second kappa shape index (κ2) is 14.2. The van der Waals surface area contributed by atoms with Crippen LogP contribution in [0.3, 0.4) is 0 Å². The summed E-state index contributed by atoms with van der Waals surface area (Å²) < 4.78 is 47.6. The summed E-state index contributed by atoms with van der Waals surface area (Å²) in [7, 11) is -5.20. The maximum absolute atomic E-state index is 15.9. The van der Waals surface area contributed by atoms with E-state index in [0.29, 0.717) is 29.1 Å². The van der Waals surface area contributed by atoms with Crippen LogP contribution in [0.15, 0.2) is 108 Å². The highest BCUT2D eigenvalue weighted by atomic mass is 127. The Morgan fingerprint density at radius 3 is 2.07 bits per heavy atom. The van der Waals surface area contributed by atoms with Gasteiger partial charge in [-0.15, -0.1) is 0 Å². The summed E-state index contributed by atoms with van der Waals surface area (Å²) in [5.74, 6) is 0.738. The Balaban J connectivity index is 1.41. The number of hydrogen-bond donors (Lipinski definition) is 0. The Morgan fingerprint density at radius 2 is 1.52 bits per heavy atom. The molecule has 0 saturated carbocycles. The van der Waals surface area contributed by atoms with E-state index in [1.54, 1.807) is 11.2 Å². The number of aromatic nitrogens is 4. The lowest BCUT2D eigenvalue weighted by molar-refractivity contribution is -0.139. The molecule has 12 heteroatoms. The number of halogens is 2. The van der Waals surface area contributed by atoms with Crippen molar-refractivity contribution in [1.29, 1.82) is 0 Å². The topological polar surface area (TPSA) is 91.5 Å². The quantitative estimate of drug-likeness (QED) is 0.0779. The van der Waals surface area contributed by atoms with Crippen molar-refractivity contribution in [2.45, 2.75) is 42.9 Å². The molecule has 6 atom stereocenters. The van der Waals surface area contributed by atoms with Gasteiger partial charge in [0.15, 0.2) is 35.7 Å². The molecule has 2 aromatic heterocycles. The summed E-state index contributed by atoms with van der Waals surface area (Å²) in [5, 5.41) is 3.20. The summed E-state index contributed by atoms with van der Waals surface area (Å²) >= 11 is 2.02. The van der Waals surface area contributed by atoms with E-state index in [1.165, 1.54) is 12.7 Å². The van der Waals surface area contributed by atoms with Crippen LogP contribution in [0.4, 0.5) is 10.2 Å². The minimum Gasteiger partial charge on any atom is -0.344 e. The average molecular weight is 772 g/mol. The van der Waals surface area contributed by atoms with Crippen LogP contribution in [-0.4, -0.2) is 55.1 Å². The molecule has 1 aliphatic heterocycles. The van der Waals surface area contributed by atoms with Crippen LogP contribution in [0.1, 0.15) is 26.5 Å². The molecular weight excluding hydrogens is 734 g/mol. The second-order valence-electron chi connectivity index (χ2n) is 11.8. The molecule has 0 spiro atoms. The van der Waals surface area contributed by atoms with E-state index >= 15 is 4.39 Å². The van der Waals surface area contributed by atoms with Crippen molar-refractivity contribution in [1.82, 2.24) is 19.5 Å². The van der Waals surface area contributed by atoms with Gasteiger partial charge >= 0.3 is 0 Å². The van der Waals surface area contributed by atoms with Crippen molar-refractivity contribution in [3.05, 3.63) is 104 Å². The van der Waals surface area contributed by atoms with Crippen LogP contribution in [0.25, 0.3) is 11.2 Å². The molecule has 0 radical (unpaired) electrons. The van der Waals surface area contributed by atoms with Crippen LogP contribution in [0, 0.1) is 5.92 Å². The second-order valence-corrected chi connectivity index (χ2v) is 19.5. The first-order valence-corrected chi connectivity index (χ1v) is 20.8. The lowest BCUT2D eigenvalue weighted by Gasteiger charge is -2.26. The van der Waals surface area contributed by atoms with Crippen molar-refractivity contribution in [2.24, 2.45) is 10.7 Å². The van der Waals surface area contributed by atoms with Gasteiger partial charge in [0, 0.05) is 22.1 Å². The molecule has 3 heterocycles. The number of imidazole rings is 1. The fourth-order valence-corrected chi connectivity index (χ4v) is 12.2. The molecule has 240 valence electrons. The first-order valence-electron chi connectivity index (χ1n) is 15.3. The average Bonchev–Trinajstić information content (AvgIpc) is 3.64. The fourth-order valence-electron chi connectivity index (χ4n) is 5.81. The number of hydrogen-bond acceptors (Lipinski definition) is 7. The van der Waals surface area contributed by atoms with Crippen LogP contribution in [-0.2, 0) is 14.0 Å². The highest BCUT2D eigenvalue weighted by molar-refractivity contribution is 14.1. The van der Waals surface area contributed by atoms with E-state index in [4.69, 9.17) is 14.2 Å². The molecule has 1 saturated heterocycles. The number of fused-ring (bicyclic) bond motifs is 1. The van der Waals surface area contributed by atoms with E-state index in [0.717, 1.165) is 22.3 Å². The molecule has 0 amide bonds. The van der Waals surface area contributed by atoms with Crippen molar-refractivity contribution < 1.29 is 18.4 Å². The summed E-state index contributed by atoms with van der Waals surface area (Å²) in [6.07, 6.45) is 1.24. The Labute approximate surface area is 282 Å². The van der Waals surface area contributed by atoms with E-state index in [-0.39, 0.29) is 6.35 Å². The van der Waals surface area contributed by atoms with Gasteiger partial charge in [-0.05, 0) is 12.6 Å². The number of rotatable bonds is 11. The predicted octanol–water partition coefficient (Wildman–Crippen LogP) is 7.65. The predicted molar refractivity (Wildman–Crippen MR) is 193 cm³/mol. The lowest BCUT2D eigenvalue weighted by Crippen LogP contribution is -2.25. The van der Waals surface area contributed by atoms with Gasteiger partial charge in [0.1, 0.15) is 19.8 Å². The van der Waals surface area contributed by atoms with Gasteiger partial charge in [-0.3, -0.25) is 4.57 Å². The highest BCUT2D eigenvalue weighted by Crippen LogP contribution is 2.50. The summed E-state index contributed by atoms with van der Waals surface area (Å²) in [4.78, 5) is 13.8. The summed E-state index contributed by atoms with van der Waals surface area (Å²) in [5.41, 5.74) is 0.863. The molecule has 1 unspecified atom stereocenters. The minimum absolute atomic E-state index is 0.0427. The van der Waals surface area contributed by atoms with Crippen LogP contribution in [0.2, 0.25) is 0 Å². The summed E-state index contributed by atoms with van der Waals surface area (Å²) in [6, 6.07) is 30.8. The molecule has 1 fully saturated rings. The van der Waals surface area contributed by atoms with Gasteiger partial charge in [-0.1, -0.05) is 134 Å². The number of nitrogens with zero attached hydrogens (tertiary/aromatic N) is 5. The third kappa shape index (κ3) is 6.65. The van der Waals surface area contributed by atoms with Crippen molar-refractivity contribution in [3.8, 4) is 0 Å². The van der Waals surface area contributed by atoms with Crippen LogP contribution in [0.5, 0.6) is 0 Å². The molecule has 0 bridgehead atoms. The SMILES string of the molecule is CC[C@H](C)C[P@](C)(=O)COC1O[C@@H](n2cnc3c(N=P(c4ccccc4)(c4ccccc4)c4ccccc4)ncnc32)[C@@H](F)[C@@H]1I. The first-order chi connectivity index (χ1) is 22.2. The van der Waals surface area contributed by atoms with Crippen LogP contribution < -0.4 is 15.9 Å². The zero-order valence-corrected chi connectivity index (χ0v) is 29.9. The molecule has 5 aromatic rings. The Morgan fingerprint density at radius 1 is 0.957 bits per heavy atom. The van der Waals surface area contributed by atoms with Crippen molar-refractivity contribution >= 4 is 69.7 Å². The summed E-state index contributed by atoms with van der Waals surface area (Å²) in [6.45, 7) is 5.90. The van der Waals surface area contributed by atoms with Crippen molar-refractivity contribution in [2.75, 3.05) is 19.2 Å². The van der Waals surface area contributed by atoms with E-state index in [2.05, 4.69) is 65.2 Å². The maximum atomic E-state index is 15.9. The largest absolute Gasteiger partial charge is 0.344 e. The maximum Gasteiger partial charge on any atom is 0.183 e. The smallest absolute Gasteiger partial charge is 0.183 e. The molecule has 6 rings (SSSR count). The Hall–Kier alpha value is -2.75. The van der Waals surface area contributed by atoms with E-state index in [1.807, 2.05) is 77.2 Å². The van der Waals surface area contributed by atoms with Gasteiger partial charge in [0.05, 0.1) is 17.3 Å². The minimum atomic E-state index is -2.63. The Bertz CT molecular complexity index is 1780. The molecule has 0 aliphatic carbocycles.